The first-order valence-electron chi connectivity index (χ1n) is 6.81. The van der Waals surface area contributed by atoms with E-state index in [0.29, 0.717) is 38.7 Å². The van der Waals surface area contributed by atoms with E-state index in [1.807, 2.05) is 4.90 Å². The van der Waals surface area contributed by atoms with Crippen LogP contribution in [-0.2, 0) is 4.74 Å². The van der Waals surface area contributed by atoms with Crippen molar-refractivity contribution in [2.45, 2.75) is 19.5 Å². The van der Waals surface area contributed by atoms with Crippen molar-refractivity contribution in [3.8, 4) is 0 Å². The average molecular weight is 438 g/mol. The van der Waals surface area contributed by atoms with Crippen LogP contribution in [0.2, 0.25) is 0 Å². The molecule has 0 aromatic heterocycles. The van der Waals surface area contributed by atoms with Gasteiger partial charge in [-0.2, -0.15) is 13.2 Å². The Balaban J connectivity index is 0.00000441. The van der Waals surface area contributed by atoms with E-state index in [-0.39, 0.29) is 36.6 Å². The standard InChI is InChI=1S/C12H21F3N4O2.HI/c1-3-21-11(20)19-8-6-18(7-9-19)10(16-2)17-5-4-12(13,14)15;/h3-9H2,1-2H3,(H,16,17);1H. The maximum atomic E-state index is 12.1. The summed E-state index contributed by atoms with van der Waals surface area (Å²) in [5, 5.41) is 2.69. The van der Waals surface area contributed by atoms with Crippen molar-refractivity contribution in [3.05, 3.63) is 0 Å². The van der Waals surface area contributed by atoms with Gasteiger partial charge in [-0.1, -0.05) is 0 Å². The van der Waals surface area contributed by atoms with Crippen LogP contribution < -0.4 is 5.32 Å². The predicted octanol–water partition coefficient (Wildman–Crippen LogP) is 1.91. The molecule has 1 saturated heterocycles. The number of guanidine groups is 1. The highest BCUT2D eigenvalue weighted by Crippen LogP contribution is 2.18. The van der Waals surface area contributed by atoms with Gasteiger partial charge in [0.05, 0.1) is 13.0 Å². The largest absolute Gasteiger partial charge is 0.450 e. The second-order valence-electron chi connectivity index (χ2n) is 4.51. The minimum Gasteiger partial charge on any atom is -0.450 e. The number of nitrogens with one attached hydrogen (secondary N) is 1. The van der Waals surface area contributed by atoms with Gasteiger partial charge >= 0.3 is 12.3 Å². The van der Waals surface area contributed by atoms with Gasteiger partial charge in [0, 0.05) is 39.8 Å². The van der Waals surface area contributed by atoms with Crippen LogP contribution >= 0.6 is 24.0 Å². The molecule has 0 unspecified atom stereocenters. The van der Waals surface area contributed by atoms with Crippen LogP contribution in [0.3, 0.4) is 0 Å². The molecule has 1 fully saturated rings. The molecular formula is C12H22F3IN4O2. The van der Waals surface area contributed by atoms with E-state index in [1.165, 1.54) is 7.05 Å². The third-order valence-corrected chi connectivity index (χ3v) is 3.01. The molecule has 1 amide bonds. The molecule has 22 heavy (non-hydrogen) atoms. The summed E-state index contributed by atoms with van der Waals surface area (Å²) < 4.78 is 41.2. The Morgan fingerprint density at radius 3 is 2.23 bits per heavy atom. The van der Waals surface area contributed by atoms with Crippen LogP contribution in [0.25, 0.3) is 0 Å². The number of carbonyl (C=O) groups is 1. The van der Waals surface area contributed by atoms with Crippen molar-refractivity contribution >= 4 is 36.0 Å². The van der Waals surface area contributed by atoms with Gasteiger partial charge in [0.2, 0.25) is 0 Å². The molecule has 0 bridgehead atoms. The van der Waals surface area contributed by atoms with Crippen molar-refractivity contribution < 1.29 is 22.7 Å². The van der Waals surface area contributed by atoms with E-state index in [2.05, 4.69) is 10.3 Å². The molecular weight excluding hydrogens is 416 g/mol. The number of hydrogen-bond donors (Lipinski definition) is 1. The second-order valence-corrected chi connectivity index (χ2v) is 4.51. The first kappa shape index (κ1) is 21.1. The van der Waals surface area contributed by atoms with E-state index < -0.39 is 12.6 Å². The zero-order chi connectivity index (χ0) is 15.9. The fraction of sp³-hybridized carbons (Fsp3) is 0.833. The van der Waals surface area contributed by atoms with E-state index in [0.717, 1.165) is 0 Å². The zero-order valence-electron chi connectivity index (χ0n) is 12.7. The highest BCUT2D eigenvalue weighted by atomic mass is 127. The lowest BCUT2D eigenvalue weighted by Crippen LogP contribution is -2.54. The molecule has 0 aliphatic carbocycles. The molecule has 1 aliphatic heterocycles. The minimum absolute atomic E-state index is 0. The van der Waals surface area contributed by atoms with Crippen molar-refractivity contribution in [1.29, 1.82) is 0 Å². The SMILES string of the molecule is CCOC(=O)N1CCN(C(=NC)NCCC(F)(F)F)CC1.I. The van der Waals surface area contributed by atoms with E-state index >= 15 is 0 Å². The quantitative estimate of drug-likeness (QED) is 0.416. The summed E-state index contributed by atoms with van der Waals surface area (Å²) in [6.45, 7) is 3.77. The predicted molar refractivity (Wildman–Crippen MR) is 87.6 cm³/mol. The van der Waals surface area contributed by atoms with Crippen molar-refractivity contribution in [3.63, 3.8) is 0 Å². The van der Waals surface area contributed by atoms with Gasteiger partial charge in [0.15, 0.2) is 5.96 Å². The summed E-state index contributed by atoms with van der Waals surface area (Å²) >= 11 is 0. The normalized spacial score (nSPS) is 16.1. The highest BCUT2D eigenvalue weighted by Gasteiger charge is 2.27. The molecule has 0 aromatic carbocycles. The highest BCUT2D eigenvalue weighted by molar-refractivity contribution is 14.0. The molecule has 0 saturated carbocycles. The maximum Gasteiger partial charge on any atom is 0.409 e. The van der Waals surface area contributed by atoms with Gasteiger partial charge in [-0.05, 0) is 6.92 Å². The number of hydrogen-bond acceptors (Lipinski definition) is 3. The Kier molecular flexibility index (Phi) is 9.53. The smallest absolute Gasteiger partial charge is 0.409 e. The molecule has 0 radical (unpaired) electrons. The van der Waals surface area contributed by atoms with E-state index in [4.69, 9.17) is 4.74 Å². The van der Waals surface area contributed by atoms with Gasteiger partial charge in [-0.3, -0.25) is 4.99 Å². The van der Waals surface area contributed by atoms with Crippen LogP contribution in [-0.4, -0.2) is 74.4 Å². The third kappa shape index (κ3) is 7.36. The third-order valence-electron chi connectivity index (χ3n) is 3.01. The lowest BCUT2D eigenvalue weighted by Gasteiger charge is -2.35. The summed E-state index contributed by atoms with van der Waals surface area (Å²) in [5.41, 5.74) is 0. The number of rotatable bonds is 3. The van der Waals surface area contributed by atoms with Crippen molar-refractivity contribution in [1.82, 2.24) is 15.1 Å². The number of halogens is 4. The van der Waals surface area contributed by atoms with E-state index in [1.54, 1.807) is 11.8 Å². The van der Waals surface area contributed by atoms with Crippen LogP contribution in [0.4, 0.5) is 18.0 Å². The molecule has 0 spiro atoms. The van der Waals surface area contributed by atoms with Gasteiger partial charge in [-0.25, -0.2) is 4.79 Å². The topological polar surface area (TPSA) is 57.2 Å². The monoisotopic (exact) mass is 438 g/mol. The molecule has 10 heteroatoms. The van der Waals surface area contributed by atoms with Crippen LogP contribution in [0.15, 0.2) is 4.99 Å². The number of ether oxygens (including phenoxy) is 1. The molecule has 0 aromatic rings. The fourth-order valence-corrected chi connectivity index (χ4v) is 1.96. The van der Waals surface area contributed by atoms with Gasteiger partial charge in [0.25, 0.3) is 0 Å². The molecule has 6 nitrogen and oxygen atoms in total. The summed E-state index contributed by atoms with van der Waals surface area (Å²) in [7, 11) is 1.52. The first-order valence-corrected chi connectivity index (χ1v) is 6.81. The summed E-state index contributed by atoms with van der Waals surface area (Å²) in [6.07, 6.45) is -5.46. The number of amides is 1. The number of carbonyl (C=O) groups excluding carboxylic acids is 1. The van der Waals surface area contributed by atoms with Crippen molar-refractivity contribution in [2.75, 3.05) is 46.4 Å². The summed E-state index contributed by atoms with van der Waals surface area (Å²) in [6, 6.07) is 0. The Bertz CT molecular complexity index is 372. The molecule has 1 rings (SSSR count). The Hall–Kier alpha value is -0.940. The minimum atomic E-state index is -4.19. The molecule has 1 N–H and O–H groups in total. The fourth-order valence-electron chi connectivity index (χ4n) is 1.96. The zero-order valence-corrected chi connectivity index (χ0v) is 15.0. The number of aliphatic imine (C=N–C) groups is 1. The molecule has 1 aliphatic rings. The molecule has 130 valence electrons. The lowest BCUT2D eigenvalue weighted by molar-refractivity contribution is -0.132. The number of nitrogens with zero attached hydrogens (tertiary/aromatic N) is 3. The Morgan fingerprint density at radius 1 is 1.23 bits per heavy atom. The van der Waals surface area contributed by atoms with Crippen molar-refractivity contribution in [2.24, 2.45) is 4.99 Å². The van der Waals surface area contributed by atoms with Crippen LogP contribution in [0.5, 0.6) is 0 Å². The average Bonchev–Trinajstić information content (AvgIpc) is 2.43. The van der Waals surface area contributed by atoms with E-state index in [9.17, 15) is 18.0 Å². The van der Waals surface area contributed by atoms with Gasteiger partial charge in [0.1, 0.15) is 0 Å². The Labute approximate surface area is 145 Å². The Morgan fingerprint density at radius 2 is 1.77 bits per heavy atom. The van der Waals surface area contributed by atoms with Gasteiger partial charge in [-0.15, -0.1) is 24.0 Å². The first-order chi connectivity index (χ1) is 9.87. The van der Waals surface area contributed by atoms with Crippen LogP contribution in [0, 0.1) is 0 Å². The number of piperazine rings is 1. The molecule has 0 atom stereocenters. The van der Waals surface area contributed by atoms with Gasteiger partial charge < -0.3 is 19.9 Å². The summed E-state index contributed by atoms with van der Waals surface area (Å²) in [4.78, 5) is 18.9. The number of alkyl halides is 3. The summed E-state index contributed by atoms with van der Waals surface area (Å²) in [5.74, 6) is 0.419. The maximum absolute atomic E-state index is 12.1. The van der Waals surface area contributed by atoms with Crippen LogP contribution in [0.1, 0.15) is 13.3 Å². The molecule has 1 heterocycles. The second kappa shape index (κ2) is 9.95. The lowest BCUT2D eigenvalue weighted by atomic mass is 10.3.